The van der Waals surface area contributed by atoms with Gasteiger partial charge in [0.05, 0.1) is 27.0 Å². The third kappa shape index (κ3) is 5.19. The molecular weight excluding hydrogens is 366 g/mol. The predicted molar refractivity (Wildman–Crippen MR) is 112 cm³/mol. The number of furan rings is 1. The number of benzene rings is 2. The van der Waals surface area contributed by atoms with Gasteiger partial charge in [-0.05, 0) is 42.3 Å². The molecule has 5 heteroatoms. The first-order chi connectivity index (χ1) is 14.1. The summed E-state index contributed by atoms with van der Waals surface area (Å²) in [5, 5.41) is 0. The zero-order valence-corrected chi connectivity index (χ0v) is 17.1. The second kappa shape index (κ2) is 9.82. The van der Waals surface area contributed by atoms with Crippen LogP contribution in [0.4, 0.5) is 0 Å². The number of carbonyl (C=O) groups excluding carboxylic acids is 1. The van der Waals surface area contributed by atoms with Crippen LogP contribution in [0.5, 0.6) is 11.5 Å². The third-order valence-corrected chi connectivity index (χ3v) is 5.09. The average molecular weight is 393 g/mol. The van der Waals surface area contributed by atoms with Gasteiger partial charge in [0.15, 0.2) is 0 Å². The summed E-state index contributed by atoms with van der Waals surface area (Å²) < 4.78 is 16.3. The molecule has 0 bridgehead atoms. The van der Waals surface area contributed by atoms with Crippen LogP contribution in [-0.2, 0) is 11.3 Å². The number of nitrogens with zero attached hydrogens (tertiary/aromatic N) is 1. The van der Waals surface area contributed by atoms with Crippen molar-refractivity contribution in [1.82, 2.24) is 4.90 Å². The molecule has 29 heavy (non-hydrogen) atoms. The molecule has 0 aliphatic heterocycles. The number of hydrogen-bond donors (Lipinski definition) is 0. The summed E-state index contributed by atoms with van der Waals surface area (Å²) in [5.74, 6) is 2.54. The highest BCUT2D eigenvalue weighted by atomic mass is 16.5. The lowest BCUT2D eigenvalue weighted by Crippen LogP contribution is -2.30. The lowest BCUT2D eigenvalue weighted by molar-refractivity contribution is -0.129. The van der Waals surface area contributed by atoms with E-state index in [0.717, 1.165) is 34.8 Å². The van der Waals surface area contributed by atoms with Gasteiger partial charge in [0, 0.05) is 24.9 Å². The van der Waals surface area contributed by atoms with Crippen molar-refractivity contribution in [3.8, 4) is 11.5 Å². The van der Waals surface area contributed by atoms with Gasteiger partial charge in [0.1, 0.15) is 17.3 Å². The van der Waals surface area contributed by atoms with Crippen molar-refractivity contribution >= 4 is 5.91 Å². The van der Waals surface area contributed by atoms with E-state index in [9.17, 15) is 4.79 Å². The molecule has 0 fully saturated rings. The maximum Gasteiger partial charge on any atom is 0.219 e. The molecule has 3 rings (SSSR count). The van der Waals surface area contributed by atoms with Gasteiger partial charge in [0.25, 0.3) is 0 Å². The second-order valence-electron chi connectivity index (χ2n) is 6.88. The molecule has 0 saturated heterocycles. The number of rotatable bonds is 9. The van der Waals surface area contributed by atoms with Crippen LogP contribution in [0.2, 0.25) is 0 Å². The smallest absolute Gasteiger partial charge is 0.219 e. The monoisotopic (exact) mass is 393 g/mol. The minimum Gasteiger partial charge on any atom is -0.497 e. The third-order valence-electron chi connectivity index (χ3n) is 5.09. The minimum atomic E-state index is 0.0231. The summed E-state index contributed by atoms with van der Waals surface area (Å²) in [7, 11) is 3.34. The molecule has 1 atom stereocenters. The van der Waals surface area contributed by atoms with Crippen molar-refractivity contribution in [2.24, 2.45) is 0 Å². The molecule has 1 aromatic heterocycles. The van der Waals surface area contributed by atoms with Gasteiger partial charge >= 0.3 is 0 Å². The van der Waals surface area contributed by atoms with E-state index in [2.05, 4.69) is 18.2 Å². The van der Waals surface area contributed by atoms with Crippen molar-refractivity contribution in [2.75, 3.05) is 20.8 Å². The van der Waals surface area contributed by atoms with Gasteiger partial charge in [-0.1, -0.05) is 30.3 Å². The highest BCUT2D eigenvalue weighted by molar-refractivity contribution is 5.73. The Kier molecular flexibility index (Phi) is 6.95. The van der Waals surface area contributed by atoms with Gasteiger partial charge in [-0.15, -0.1) is 0 Å². The van der Waals surface area contributed by atoms with Gasteiger partial charge in [-0.2, -0.15) is 0 Å². The zero-order chi connectivity index (χ0) is 20.6. The molecule has 2 aromatic carbocycles. The molecule has 0 aliphatic rings. The quantitative estimate of drug-likeness (QED) is 0.521. The van der Waals surface area contributed by atoms with E-state index in [1.54, 1.807) is 27.4 Å². The van der Waals surface area contributed by atoms with Crippen LogP contribution in [0.15, 0.2) is 71.3 Å². The van der Waals surface area contributed by atoms with Crippen molar-refractivity contribution in [2.45, 2.75) is 25.8 Å². The van der Waals surface area contributed by atoms with Crippen LogP contribution in [0.3, 0.4) is 0 Å². The van der Waals surface area contributed by atoms with Crippen LogP contribution < -0.4 is 9.47 Å². The Morgan fingerprint density at radius 3 is 2.38 bits per heavy atom. The summed E-state index contributed by atoms with van der Waals surface area (Å²) in [6.45, 7) is 2.66. The topological polar surface area (TPSA) is 51.9 Å². The second-order valence-corrected chi connectivity index (χ2v) is 6.88. The molecule has 0 radical (unpaired) electrons. The number of amides is 1. The molecule has 5 nitrogen and oxygen atoms in total. The van der Waals surface area contributed by atoms with Crippen molar-refractivity contribution < 1.29 is 18.7 Å². The molecule has 0 N–H and O–H groups in total. The van der Waals surface area contributed by atoms with Crippen molar-refractivity contribution in [3.63, 3.8) is 0 Å². The summed E-state index contributed by atoms with van der Waals surface area (Å²) in [6, 6.07) is 19.8. The fourth-order valence-electron chi connectivity index (χ4n) is 3.52. The molecule has 3 aromatic rings. The van der Waals surface area contributed by atoms with Crippen LogP contribution in [-0.4, -0.2) is 31.6 Å². The first kappa shape index (κ1) is 20.5. The number of hydrogen-bond acceptors (Lipinski definition) is 4. The van der Waals surface area contributed by atoms with Gasteiger partial charge in [0.2, 0.25) is 5.91 Å². The molecule has 1 amide bonds. The van der Waals surface area contributed by atoms with Crippen molar-refractivity contribution in [3.05, 3.63) is 83.8 Å². The Morgan fingerprint density at radius 1 is 1.00 bits per heavy atom. The molecule has 152 valence electrons. The summed E-state index contributed by atoms with van der Waals surface area (Å²) >= 11 is 0. The zero-order valence-electron chi connectivity index (χ0n) is 17.1. The van der Waals surface area contributed by atoms with Gasteiger partial charge in [-0.3, -0.25) is 4.79 Å². The lowest BCUT2D eigenvalue weighted by atomic mass is 9.87. The van der Waals surface area contributed by atoms with Crippen LogP contribution >= 0.6 is 0 Å². The lowest BCUT2D eigenvalue weighted by Gasteiger charge is -2.25. The number of methoxy groups -OCH3 is 2. The maximum atomic E-state index is 12.2. The van der Waals surface area contributed by atoms with Crippen molar-refractivity contribution in [1.29, 1.82) is 0 Å². The Balaban J connectivity index is 1.86. The standard InChI is InChI=1S/C24H27NO4/c1-18(26)25(17-21-7-6-16-29-21)15-14-22(19-10-12-20(27-2)13-11-19)23-8-4-5-9-24(23)28-3/h4-13,16,22H,14-15,17H2,1-3H3/t22-/m0/s1. The highest BCUT2D eigenvalue weighted by Gasteiger charge is 2.21. The molecule has 1 heterocycles. The van der Waals surface area contributed by atoms with E-state index in [0.29, 0.717) is 13.1 Å². The predicted octanol–water partition coefficient (Wildman–Crippen LogP) is 4.87. The maximum absolute atomic E-state index is 12.2. The fraction of sp³-hybridized carbons (Fsp3) is 0.292. The Hall–Kier alpha value is -3.21. The Bertz CT molecular complexity index is 903. The summed E-state index contributed by atoms with van der Waals surface area (Å²) in [5.41, 5.74) is 2.25. The van der Waals surface area contributed by atoms with Gasteiger partial charge < -0.3 is 18.8 Å². The van der Waals surface area contributed by atoms with E-state index >= 15 is 0 Å². The van der Waals surface area contributed by atoms with E-state index in [-0.39, 0.29) is 11.8 Å². The molecule has 0 unspecified atom stereocenters. The summed E-state index contributed by atoms with van der Waals surface area (Å²) in [4.78, 5) is 14.0. The number of ether oxygens (including phenoxy) is 2. The van der Waals surface area contributed by atoms with Crippen LogP contribution in [0.1, 0.15) is 36.1 Å². The fourth-order valence-corrected chi connectivity index (χ4v) is 3.52. The number of para-hydroxylation sites is 1. The normalized spacial score (nSPS) is 11.7. The minimum absolute atomic E-state index is 0.0231. The largest absolute Gasteiger partial charge is 0.497 e. The molecule has 0 spiro atoms. The van der Waals surface area contributed by atoms with E-state index in [4.69, 9.17) is 13.9 Å². The molecule has 0 saturated carbocycles. The van der Waals surface area contributed by atoms with Crippen LogP contribution in [0, 0.1) is 0 Å². The molecule has 0 aliphatic carbocycles. The average Bonchev–Trinajstić information content (AvgIpc) is 3.27. The van der Waals surface area contributed by atoms with E-state index < -0.39 is 0 Å². The summed E-state index contributed by atoms with van der Waals surface area (Å²) in [6.07, 6.45) is 2.38. The highest BCUT2D eigenvalue weighted by Crippen LogP contribution is 2.35. The Morgan fingerprint density at radius 2 is 1.76 bits per heavy atom. The van der Waals surface area contributed by atoms with Crippen LogP contribution in [0.25, 0.3) is 0 Å². The van der Waals surface area contributed by atoms with E-state index in [1.165, 1.54) is 0 Å². The first-order valence-electron chi connectivity index (χ1n) is 9.67. The Labute approximate surface area is 171 Å². The molecular formula is C24H27NO4. The number of carbonyl (C=O) groups is 1. The van der Waals surface area contributed by atoms with Gasteiger partial charge in [-0.25, -0.2) is 0 Å². The van der Waals surface area contributed by atoms with E-state index in [1.807, 2.05) is 47.4 Å². The SMILES string of the molecule is COc1ccc([C@H](CCN(Cc2ccco2)C(C)=O)c2ccccc2OC)cc1. The first-order valence-corrected chi connectivity index (χ1v) is 9.67.